The number of rotatable bonds is 7. The third-order valence-corrected chi connectivity index (χ3v) is 6.35. The minimum Gasteiger partial charge on any atom is -0.494 e. The molecule has 0 spiro atoms. The van der Waals surface area contributed by atoms with E-state index in [1.165, 1.54) is 0 Å². The number of carbonyl (C=O) groups is 1. The predicted molar refractivity (Wildman–Crippen MR) is 135 cm³/mol. The van der Waals surface area contributed by atoms with Gasteiger partial charge in [-0.15, -0.1) is 0 Å². The van der Waals surface area contributed by atoms with E-state index in [0.29, 0.717) is 40.0 Å². The van der Waals surface area contributed by atoms with Gasteiger partial charge in [-0.25, -0.2) is 0 Å². The van der Waals surface area contributed by atoms with Gasteiger partial charge in [0.1, 0.15) is 16.6 Å². The molecule has 3 heterocycles. The second kappa shape index (κ2) is 9.70. The molecule has 5 aromatic rings. The number of benzene rings is 2. The van der Waals surface area contributed by atoms with Gasteiger partial charge in [0, 0.05) is 21.6 Å². The molecule has 5 rings (SSSR count). The molecule has 10 heteroatoms. The van der Waals surface area contributed by atoms with Crippen molar-refractivity contribution < 1.29 is 14.1 Å². The molecule has 0 saturated heterocycles. The average Bonchev–Trinajstić information content (AvgIpc) is 3.45. The van der Waals surface area contributed by atoms with E-state index in [1.54, 1.807) is 47.2 Å². The van der Waals surface area contributed by atoms with Crippen LogP contribution in [0.3, 0.4) is 0 Å². The number of fused-ring (bicyclic) bond motifs is 1. The first kappa shape index (κ1) is 23.4. The average molecular weight is 528 g/mol. The fourth-order valence-corrected chi connectivity index (χ4v) is 4.58. The molecule has 7 nitrogen and oxygen atoms in total. The highest BCUT2D eigenvalue weighted by molar-refractivity contribution is 6.37. The highest BCUT2D eigenvalue weighted by atomic mass is 35.5. The number of hydrogen-bond acceptors (Lipinski definition) is 6. The van der Waals surface area contributed by atoms with Crippen LogP contribution < -0.4 is 4.74 Å². The van der Waals surface area contributed by atoms with Gasteiger partial charge in [0.15, 0.2) is 0 Å². The summed E-state index contributed by atoms with van der Waals surface area (Å²) in [7, 11) is 0. The maximum absolute atomic E-state index is 13.6. The minimum absolute atomic E-state index is 0.196. The van der Waals surface area contributed by atoms with Crippen molar-refractivity contribution in [2.24, 2.45) is 0 Å². The highest BCUT2D eigenvalue weighted by Gasteiger charge is 2.28. The molecule has 0 fully saturated rings. The maximum Gasteiger partial charge on any atom is 0.299 e. The summed E-state index contributed by atoms with van der Waals surface area (Å²) in [5.41, 5.74) is 2.22. The third-order valence-electron chi connectivity index (χ3n) is 5.37. The zero-order valence-electron chi connectivity index (χ0n) is 18.3. The fraction of sp³-hybridized carbons (Fsp3) is 0.120. The van der Waals surface area contributed by atoms with E-state index in [2.05, 4.69) is 15.1 Å². The molecule has 176 valence electrons. The Labute approximate surface area is 215 Å². The van der Waals surface area contributed by atoms with E-state index in [9.17, 15) is 4.79 Å². The normalized spacial score (nSPS) is 11.2. The van der Waals surface area contributed by atoms with Crippen LogP contribution in [-0.4, -0.2) is 32.1 Å². The first-order valence-electron chi connectivity index (χ1n) is 10.6. The first-order valence-corrected chi connectivity index (χ1v) is 11.8. The van der Waals surface area contributed by atoms with Crippen LogP contribution in [0, 0.1) is 0 Å². The molecule has 0 saturated carbocycles. The van der Waals surface area contributed by atoms with Crippen molar-refractivity contribution in [2.75, 3.05) is 6.61 Å². The Hall–Kier alpha value is -3.39. The van der Waals surface area contributed by atoms with Crippen LogP contribution in [0.1, 0.15) is 28.7 Å². The smallest absolute Gasteiger partial charge is 0.299 e. The molecule has 0 bridgehead atoms. The molecule has 0 radical (unpaired) electrons. The monoisotopic (exact) mass is 526 g/mol. The number of nitrogens with zero attached hydrogens (tertiary/aromatic N) is 4. The lowest BCUT2D eigenvalue weighted by atomic mass is 10.1. The summed E-state index contributed by atoms with van der Waals surface area (Å²) < 4.78 is 12.7. The Kier molecular flexibility index (Phi) is 6.47. The third kappa shape index (κ3) is 4.50. The van der Waals surface area contributed by atoms with Crippen LogP contribution in [0.15, 0.2) is 65.3 Å². The predicted octanol–water partition coefficient (Wildman–Crippen LogP) is 6.72. The second-order valence-corrected chi connectivity index (χ2v) is 8.77. The number of pyridine rings is 1. The van der Waals surface area contributed by atoms with Crippen molar-refractivity contribution in [1.82, 2.24) is 19.7 Å². The summed E-state index contributed by atoms with van der Waals surface area (Å²) in [4.78, 5) is 22.0. The van der Waals surface area contributed by atoms with Gasteiger partial charge in [-0.3, -0.25) is 9.78 Å². The molecular formula is C25H17Cl3N4O3. The molecule has 0 amide bonds. The summed E-state index contributed by atoms with van der Waals surface area (Å²) >= 11 is 19.3. The van der Waals surface area contributed by atoms with E-state index >= 15 is 0 Å². The molecule has 0 N–H and O–H groups in total. The largest absolute Gasteiger partial charge is 0.494 e. The van der Waals surface area contributed by atoms with Gasteiger partial charge in [0.05, 0.1) is 24.2 Å². The zero-order chi connectivity index (χ0) is 24.5. The first-order chi connectivity index (χ1) is 17.0. The molecule has 0 aliphatic heterocycles. The van der Waals surface area contributed by atoms with E-state index in [-0.39, 0.29) is 22.4 Å². The van der Waals surface area contributed by atoms with Crippen molar-refractivity contribution in [1.29, 1.82) is 0 Å². The van der Waals surface area contributed by atoms with Crippen molar-refractivity contribution in [3.8, 4) is 17.3 Å². The van der Waals surface area contributed by atoms with Gasteiger partial charge in [0.2, 0.25) is 5.82 Å². The summed E-state index contributed by atoms with van der Waals surface area (Å²) in [6, 6.07) is 16.0. The van der Waals surface area contributed by atoms with Gasteiger partial charge < -0.3 is 13.8 Å². The van der Waals surface area contributed by atoms with Gasteiger partial charge >= 0.3 is 0 Å². The lowest BCUT2D eigenvalue weighted by molar-refractivity contribution is 0.0995. The lowest BCUT2D eigenvalue weighted by Crippen LogP contribution is -2.04. The summed E-state index contributed by atoms with van der Waals surface area (Å²) in [6.45, 7) is 2.67. The maximum atomic E-state index is 13.6. The molecule has 3 aromatic heterocycles. The SMILES string of the molecule is CCOc1ccc2c(c1)c(C(=O)c1nc(-c3ccccn3)no1)c(Cl)n2Cc1ccc(Cl)cc1Cl. The van der Waals surface area contributed by atoms with Crippen molar-refractivity contribution in [3.05, 3.63) is 93.0 Å². The summed E-state index contributed by atoms with van der Waals surface area (Å²) in [5, 5.41) is 5.73. The Morgan fingerprint density at radius 1 is 1.09 bits per heavy atom. The topological polar surface area (TPSA) is 83.0 Å². The Morgan fingerprint density at radius 3 is 2.69 bits per heavy atom. The number of hydrogen-bond donors (Lipinski definition) is 0. The lowest BCUT2D eigenvalue weighted by Gasteiger charge is -2.10. The van der Waals surface area contributed by atoms with E-state index in [1.807, 2.05) is 25.1 Å². The van der Waals surface area contributed by atoms with Crippen molar-refractivity contribution >= 4 is 51.5 Å². The van der Waals surface area contributed by atoms with Crippen molar-refractivity contribution in [2.45, 2.75) is 13.5 Å². The molecular weight excluding hydrogens is 511 g/mol. The quantitative estimate of drug-likeness (QED) is 0.218. The minimum atomic E-state index is -0.510. The Balaban J connectivity index is 1.62. The standard InChI is InChI=1S/C25H17Cl3N4O3/c1-2-34-16-8-9-20-17(12-16)21(23(28)32(20)13-14-6-7-15(26)11-18(14)27)22(33)25-30-24(31-35-25)19-5-3-4-10-29-19/h3-12H,2,13H2,1H3. The van der Waals surface area contributed by atoms with Crippen LogP contribution in [0.25, 0.3) is 22.4 Å². The molecule has 0 unspecified atom stereocenters. The Morgan fingerprint density at radius 2 is 1.94 bits per heavy atom. The van der Waals surface area contributed by atoms with Crippen LogP contribution in [0.4, 0.5) is 0 Å². The van der Waals surface area contributed by atoms with E-state index in [4.69, 9.17) is 44.1 Å². The second-order valence-electron chi connectivity index (χ2n) is 7.57. The number of carbonyl (C=O) groups excluding carboxylic acids is 1. The van der Waals surface area contributed by atoms with E-state index < -0.39 is 5.78 Å². The number of ether oxygens (including phenoxy) is 1. The molecule has 2 aromatic carbocycles. The van der Waals surface area contributed by atoms with Crippen LogP contribution >= 0.6 is 34.8 Å². The van der Waals surface area contributed by atoms with Crippen LogP contribution in [0.2, 0.25) is 15.2 Å². The number of ketones is 1. The molecule has 0 atom stereocenters. The van der Waals surface area contributed by atoms with E-state index in [0.717, 1.165) is 11.1 Å². The number of aromatic nitrogens is 4. The molecule has 0 aliphatic carbocycles. The van der Waals surface area contributed by atoms with Gasteiger partial charge in [-0.05, 0) is 55.0 Å². The molecule has 35 heavy (non-hydrogen) atoms. The van der Waals surface area contributed by atoms with Gasteiger partial charge in [0.25, 0.3) is 11.7 Å². The van der Waals surface area contributed by atoms with Gasteiger partial charge in [-0.1, -0.05) is 52.1 Å². The van der Waals surface area contributed by atoms with Gasteiger partial charge in [-0.2, -0.15) is 4.98 Å². The van der Waals surface area contributed by atoms with Crippen LogP contribution in [0.5, 0.6) is 5.75 Å². The fourth-order valence-electron chi connectivity index (χ4n) is 3.77. The summed E-state index contributed by atoms with van der Waals surface area (Å²) in [5.74, 6) is 0.103. The van der Waals surface area contributed by atoms with Crippen LogP contribution in [-0.2, 0) is 6.54 Å². The zero-order valence-corrected chi connectivity index (χ0v) is 20.6. The number of halogens is 3. The molecule has 0 aliphatic rings. The summed E-state index contributed by atoms with van der Waals surface area (Å²) in [6.07, 6.45) is 1.61. The highest BCUT2D eigenvalue weighted by Crippen LogP contribution is 2.36. The van der Waals surface area contributed by atoms with Crippen molar-refractivity contribution in [3.63, 3.8) is 0 Å². The Bertz CT molecular complexity index is 1550.